The number of hydrogen-bond donors (Lipinski definition) is 2. The van der Waals surface area contributed by atoms with Gasteiger partial charge < -0.3 is 15.3 Å². The highest BCUT2D eigenvalue weighted by Crippen LogP contribution is 2.32. The fourth-order valence-corrected chi connectivity index (χ4v) is 5.93. The fraction of sp³-hybridized carbons (Fsp3) is 0.281. The molecule has 2 N–H and O–H groups in total. The second-order valence-corrected chi connectivity index (χ2v) is 11.1. The van der Waals surface area contributed by atoms with Gasteiger partial charge in [0.15, 0.2) is 0 Å². The van der Waals surface area contributed by atoms with Crippen LogP contribution in [0.15, 0.2) is 78.2 Å². The molecule has 4 aromatic rings. The number of carbonyl (C=O) groups is 2. The van der Waals surface area contributed by atoms with Crippen LogP contribution < -0.4 is 5.32 Å². The van der Waals surface area contributed by atoms with E-state index in [0.29, 0.717) is 12.1 Å². The van der Waals surface area contributed by atoms with Gasteiger partial charge in [-0.3, -0.25) is 4.79 Å². The van der Waals surface area contributed by atoms with Gasteiger partial charge in [-0.1, -0.05) is 55.7 Å². The summed E-state index contributed by atoms with van der Waals surface area (Å²) in [5.74, 6) is -0.457. The molecule has 1 amide bonds. The Labute approximate surface area is 233 Å². The number of nitrogens with zero attached hydrogens (tertiary/aromatic N) is 2. The highest BCUT2D eigenvalue weighted by molar-refractivity contribution is 7.09. The molecule has 1 aromatic heterocycles. The summed E-state index contributed by atoms with van der Waals surface area (Å²) in [6.45, 7) is 1.16. The van der Waals surface area contributed by atoms with Crippen molar-refractivity contribution in [1.82, 2.24) is 9.88 Å². The number of aromatic nitrogens is 1. The lowest BCUT2D eigenvalue weighted by atomic mass is 9.84. The first-order chi connectivity index (χ1) is 19.0. The molecule has 6 nitrogen and oxygen atoms in total. The average Bonchev–Trinajstić information content (AvgIpc) is 3.45. The highest BCUT2D eigenvalue weighted by Gasteiger charge is 2.16. The van der Waals surface area contributed by atoms with Gasteiger partial charge in [0, 0.05) is 35.8 Å². The van der Waals surface area contributed by atoms with Gasteiger partial charge in [-0.25, -0.2) is 9.78 Å². The normalized spacial score (nSPS) is 13.7. The van der Waals surface area contributed by atoms with Crippen LogP contribution in [0.5, 0.6) is 0 Å². The number of nitrogens with one attached hydrogen (secondary N) is 1. The lowest BCUT2D eigenvalue weighted by Crippen LogP contribution is -2.26. The molecule has 0 spiro atoms. The third-order valence-corrected chi connectivity index (χ3v) is 8.22. The zero-order chi connectivity index (χ0) is 27.2. The molecule has 200 valence electrons. The van der Waals surface area contributed by atoms with Crippen LogP contribution in [0.25, 0.3) is 11.3 Å². The van der Waals surface area contributed by atoms with Crippen LogP contribution in [0.2, 0.25) is 0 Å². The molecule has 0 atom stereocenters. The van der Waals surface area contributed by atoms with E-state index in [9.17, 15) is 9.59 Å². The Balaban J connectivity index is 1.14. The number of benzene rings is 3. The number of carboxylic acid groups (broad SMARTS) is 1. The summed E-state index contributed by atoms with van der Waals surface area (Å²) in [6.07, 6.45) is 6.74. The molecule has 3 aromatic carbocycles. The Kier molecular flexibility index (Phi) is 8.37. The monoisotopic (exact) mass is 539 g/mol. The van der Waals surface area contributed by atoms with Crippen molar-refractivity contribution in [3.05, 3.63) is 105 Å². The minimum atomic E-state index is -1.01. The van der Waals surface area contributed by atoms with Gasteiger partial charge in [-0.15, -0.1) is 11.3 Å². The van der Waals surface area contributed by atoms with Gasteiger partial charge in [0.2, 0.25) is 0 Å². The number of thiazole rings is 1. The summed E-state index contributed by atoms with van der Waals surface area (Å²) in [6, 6.07) is 23.3. The average molecular weight is 540 g/mol. The van der Waals surface area contributed by atoms with Gasteiger partial charge in [0.05, 0.1) is 17.8 Å². The molecule has 0 aliphatic heterocycles. The summed E-state index contributed by atoms with van der Waals surface area (Å²) in [5, 5.41) is 15.4. The maximum absolute atomic E-state index is 12.7. The van der Waals surface area contributed by atoms with Crippen molar-refractivity contribution in [2.24, 2.45) is 0 Å². The number of hydrogen-bond acceptors (Lipinski definition) is 5. The molecule has 39 heavy (non-hydrogen) atoms. The van der Waals surface area contributed by atoms with E-state index < -0.39 is 5.97 Å². The third-order valence-electron chi connectivity index (χ3n) is 7.38. The second kappa shape index (κ2) is 12.3. The van der Waals surface area contributed by atoms with E-state index in [1.807, 2.05) is 5.38 Å². The first-order valence-electron chi connectivity index (χ1n) is 13.4. The van der Waals surface area contributed by atoms with E-state index >= 15 is 0 Å². The molecular weight excluding hydrogens is 506 g/mol. The number of anilines is 1. The molecular formula is C32H33N3O3S. The molecule has 7 heteroatoms. The van der Waals surface area contributed by atoms with Gasteiger partial charge in [0.25, 0.3) is 5.91 Å². The predicted molar refractivity (Wildman–Crippen MR) is 156 cm³/mol. The zero-order valence-corrected chi connectivity index (χ0v) is 22.9. The topological polar surface area (TPSA) is 82.5 Å². The van der Waals surface area contributed by atoms with Crippen LogP contribution in [-0.2, 0) is 13.1 Å². The third kappa shape index (κ3) is 6.73. The van der Waals surface area contributed by atoms with Crippen molar-refractivity contribution in [2.45, 2.75) is 51.1 Å². The lowest BCUT2D eigenvalue weighted by Gasteiger charge is -2.22. The highest BCUT2D eigenvalue weighted by atomic mass is 32.1. The van der Waals surface area contributed by atoms with Gasteiger partial charge >= 0.3 is 5.97 Å². The number of aromatic carboxylic acids is 1. The molecule has 1 fully saturated rings. The zero-order valence-electron chi connectivity index (χ0n) is 22.1. The SMILES string of the molecule is CN(Cc1nc(-c2ccc(NCc3ccc(C4CCCCC4)cc3)cc2)cs1)C(=O)c1ccc(C(=O)O)cc1. The number of amides is 1. The maximum atomic E-state index is 12.7. The van der Waals surface area contributed by atoms with Crippen molar-refractivity contribution >= 4 is 28.9 Å². The van der Waals surface area contributed by atoms with Crippen molar-refractivity contribution < 1.29 is 14.7 Å². The van der Waals surface area contributed by atoms with Crippen LogP contribution in [0.4, 0.5) is 5.69 Å². The molecule has 1 saturated carbocycles. The van der Waals surface area contributed by atoms with Crippen LogP contribution in [0.3, 0.4) is 0 Å². The summed E-state index contributed by atoms with van der Waals surface area (Å²) in [7, 11) is 1.72. The van der Waals surface area contributed by atoms with Crippen LogP contribution in [0.1, 0.15) is 74.9 Å². The quantitative estimate of drug-likeness (QED) is 0.231. The molecule has 0 radical (unpaired) electrons. The Bertz CT molecular complexity index is 1410. The molecule has 0 bridgehead atoms. The first kappa shape index (κ1) is 26.6. The standard InChI is InChI=1S/C32H33N3O3S/c1-35(31(36)26-11-13-27(14-12-26)32(37)38)20-30-34-29(21-39-30)25-15-17-28(18-16-25)33-19-22-7-9-24(10-8-22)23-5-3-2-4-6-23/h7-18,21,23,33H,2-6,19-20H2,1H3,(H,37,38). The molecule has 0 saturated heterocycles. The van der Waals surface area contributed by atoms with E-state index in [4.69, 9.17) is 10.1 Å². The van der Waals surface area contributed by atoms with E-state index in [0.717, 1.165) is 34.4 Å². The molecule has 5 rings (SSSR count). The summed E-state index contributed by atoms with van der Waals surface area (Å²) in [5.41, 5.74) is 6.33. The van der Waals surface area contributed by atoms with Gasteiger partial charge in [0.1, 0.15) is 5.01 Å². The smallest absolute Gasteiger partial charge is 0.335 e. The van der Waals surface area contributed by atoms with E-state index in [1.165, 1.54) is 78.8 Å². The van der Waals surface area contributed by atoms with Crippen LogP contribution >= 0.6 is 11.3 Å². The minimum Gasteiger partial charge on any atom is -0.478 e. The largest absolute Gasteiger partial charge is 0.478 e. The van der Waals surface area contributed by atoms with E-state index in [-0.39, 0.29) is 11.5 Å². The summed E-state index contributed by atoms with van der Waals surface area (Å²) < 4.78 is 0. The van der Waals surface area contributed by atoms with Crippen molar-refractivity contribution in [1.29, 1.82) is 0 Å². The Morgan fingerprint density at radius 2 is 1.59 bits per heavy atom. The van der Waals surface area contributed by atoms with Crippen LogP contribution in [-0.4, -0.2) is 33.9 Å². The fourth-order valence-electron chi connectivity index (χ4n) is 5.07. The number of carbonyl (C=O) groups excluding carboxylic acids is 1. The van der Waals surface area contributed by atoms with Gasteiger partial charge in [-0.2, -0.15) is 0 Å². The van der Waals surface area contributed by atoms with E-state index in [1.54, 1.807) is 11.9 Å². The van der Waals surface area contributed by atoms with Crippen LogP contribution in [0, 0.1) is 0 Å². The van der Waals surface area contributed by atoms with E-state index in [2.05, 4.69) is 53.8 Å². The molecule has 1 aliphatic rings. The molecule has 1 aliphatic carbocycles. The Hall–Kier alpha value is -3.97. The van der Waals surface area contributed by atoms with Gasteiger partial charge in [-0.05, 0) is 66.3 Å². The number of rotatable bonds is 9. The van der Waals surface area contributed by atoms with Crippen molar-refractivity contribution in [3.63, 3.8) is 0 Å². The van der Waals surface area contributed by atoms with Crippen molar-refractivity contribution in [3.8, 4) is 11.3 Å². The predicted octanol–water partition coefficient (Wildman–Crippen LogP) is 7.44. The Morgan fingerprint density at radius 1 is 0.923 bits per heavy atom. The maximum Gasteiger partial charge on any atom is 0.335 e. The first-order valence-corrected chi connectivity index (χ1v) is 14.3. The minimum absolute atomic E-state index is 0.156. The van der Waals surface area contributed by atoms with Crippen molar-refractivity contribution in [2.75, 3.05) is 12.4 Å². The Morgan fingerprint density at radius 3 is 2.26 bits per heavy atom. The molecule has 0 unspecified atom stereocenters. The summed E-state index contributed by atoms with van der Waals surface area (Å²) in [4.78, 5) is 30.1. The lowest BCUT2D eigenvalue weighted by molar-refractivity contribution is 0.0695. The molecule has 1 heterocycles. The number of carboxylic acids is 1. The summed E-state index contributed by atoms with van der Waals surface area (Å²) >= 11 is 1.52. The second-order valence-electron chi connectivity index (χ2n) is 10.2.